The number of hydrogen-bond acceptors (Lipinski definition) is 3. The minimum atomic E-state index is -0.253. The zero-order chi connectivity index (χ0) is 14.7. The molecule has 0 aliphatic rings. The van der Waals surface area contributed by atoms with Gasteiger partial charge in [0.2, 0.25) is 0 Å². The average molecular weight is 303 g/mol. The van der Waals surface area contributed by atoms with Gasteiger partial charge in [0.1, 0.15) is 18.5 Å². The van der Waals surface area contributed by atoms with Crippen molar-refractivity contribution in [3.8, 4) is 5.69 Å². The van der Waals surface area contributed by atoms with Gasteiger partial charge in [-0.25, -0.2) is 14.1 Å². The summed E-state index contributed by atoms with van der Waals surface area (Å²) in [4.78, 5) is 3.93. The van der Waals surface area contributed by atoms with E-state index in [4.69, 9.17) is 11.6 Å². The predicted molar refractivity (Wildman–Crippen MR) is 80.1 cm³/mol. The minimum absolute atomic E-state index is 0.253. The Morgan fingerprint density at radius 2 is 2.10 bits per heavy atom. The molecule has 106 valence electrons. The molecule has 1 heterocycles. The molecule has 3 aromatic rings. The van der Waals surface area contributed by atoms with Crippen LogP contribution in [-0.2, 0) is 6.54 Å². The molecule has 6 heteroatoms. The highest BCUT2D eigenvalue weighted by Gasteiger charge is 2.06. The van der Waals surface area contributed by atoms with Gasteiger partial charge < -0.3 is 5.32 Å². The van der Waals surface area contributed by atoms with E-state index in [1.165, 1.54) is 18.5 Å². The van der Waals surface area contributed by atoms with Crippen LogP contribution in [0.5, 0.6) is 0 Å². The summed E-state index contributed by atoms with van der Waals surface area (Å²) in [7, 11) is 0. The fraction of sp³-hybridized carbons (Fsp3) is 0.0667. The maximum atomic E-state index is 13.2. The van der Waals surface area contributed by atoms with E-state index in [1.54, 1.807) is 29.2 Å². The maximum Gasteiger partial charge on any atom is 0.138 e. The first kappa shape index (κ1) is 13.6. The van der Waals surface area contributed by atoms with Gasteiger partial charge in [-0.15, -0.1) is 0 Å². The molecule has 0 spiro atoms. The number of nitrogens with one attached hydrogen (secondary N) is 1. The molecule has 0 radical (unpaired) electrons. The van der Waals surface area contributed by atoms with E-state index in [-0.39, 0.29) is 5.82 Å². The Balaban J connectivity index is 1.86. The number of hydrogen-bond donors (Lipinski definition) is 1. The molecule has 0 aliphatic carbocycles. The molecule has 21 heavy (non-hydrogen) atoms. The Bertz CT molecular complexity index is 743. The third-order valence-corrected chi connectivity index (χ3v) is 3.23. The highest BCUT2D eigenvalue weighted by Crippen LogP contribution is 2.24. The lowest BCUT2D eigenvalue weighted by molar-refractivity contribution is 0.626. The summed E-state index contributed by atoms with van der Waals surface area (Å²) in [5.74, 6) is -0.253. The third-order valence-electron chi connectivity index (χ3n) is 3.00. The van der Waals surface area contributed by atoms with E-state index < -0.39 is 0 Å². The van der Waals surface area contributed by atoms with Crippen LogP contribution in [0.25, 0.3) is 5.69 Å². The summed E-state index contributed by atoms with van der Waals surface area (Å²) in [5.41, 5.74) is 2.48. The van der Waals surface area contributed by atoms with Crippen molar-refractivity contribution in [1.29, 1.82) is 0 Å². The van der Waals surface area contributed by atoms with Crippen molar-refractivity contribution in [2.45, 2.75) is 6.54 Å². The number of nitrogens with zero attached hydrogens (tertiary/aromatic N) is 3. The van der Waals surface area contributed by atoms with Crippen LogP contribution in [0.1, 0.15) is 5.56 Å². The van der Waals surface area contributed by atoms with Crippen LogP contribution in [0, 0.1) is 5.82 Å². The Morgan fingerprint density at radius 1 is 1.19 bits per heavy atom. The monoisotopic (exact) mass is 302 g/mol. The summed E-state index contributed by atoms with van der Waals surface area (Å²) in [5, 5.41) is 7.97. The SMILES string of the molecule is Fc1cccc(CNc2cc(Cl)ccc2-n2cncn2)c1. The van der Waals surface area contributed by atoms with Crippen LogP contribution in [-0.4, -0.2) is 14.8 Å². The lowest BCUT2D eigenvalue weighted by atomic mass is 10.2. The van der Waals surface area contributed by atoms with E-state index >= 15 is 0 Å². The Labute approximate surface area is 126 Å². The fourth-order valence-corrected chi connectivity index (χ4v) is 2.20. The van der Waals surface area contributed by atoms with Crippen LogP contribution in [0.2, 0.25) is 5.02 Å². The van der Waals surface area contributed by atoms with Crippen LogP contribution in [0.3, 0.4) is 0 Å². The molecule has 0 fully saturated rings. The molecule has 1 aromatic heterocycles. The van der Waals surface area contributed by atoms with E-state index in [9.17, 15) is 4.39 Å². The average Bonchev–Trinajstić information content (AvgIpc) is 2.99. The number of rotatable bonds is 4. The van der Waals surface area contributed by atoms with Crippen LogP contribution in [0.4, 0.5) is 10.1 Å². The first-order valence-electron chi connectivity index (χ1n) is 6.35. The van der Waals surface area contributed by atoms with Gasteiger partial charge in [0, 0.05) is 11.6 Å². The molecule has 1 N–H and O–H groups in total. The van der Waals surface area contributed by atoms with Crippen molar-refractivity contribution in [1.82, 2.24) is 14.8 Å². The highest BCUT2D eigenvalue weighted by molar-refractivity contribution is 6.31. The van der Waals surface area contributed by atoms with Crippen LogP contribution >= 0.6 is 11.6 Å². The minimum Gasteiger partial charge on any atom is -0.379 e. The van der Waals surface area contributed by atoms with Crippen LogP contribution < -0.4 is 5.32 Å². The molecular weight excluding hydrogens is 291 g/mol. The summed E-state index contributed by atoms with van der Waals surface area (Å²) < 4.78 is 14.8. The van der Waals surface area contributed by atoms with Gasteiger partial charge in [0.15, 0.2) is 0 Å². The van der Waals surface area contributed by atoms with Gasteiger partial charge in [0.25, 0.3) is 0 Å². The molecule has 0 saturated carbocycles. The second-order valence-electron chi connectivity index (χ2n) is 4.48. The van der Waals surface area contributed by atoms with Gasteiger partial charge >= 0.3 is 0 Å². The molecule has 0 unspecified atom stereocenters. The normalized spacial score (nSPS) is 10.6. The topological polar surface area (TPSA) is 42.7 Å². The van der Waals surface area contributed by atoms with Crippen molar-refractivity contribution < 1.29 is 4.39 Å². The molecule has 0 atom stereocenters. The van der Waals surface area contributed by atoms with E-state index in [0.717, 1.165) is 16.9 Å². The largest absolute Gasteiger partial charge is 0.379 e. The van der Waals surface area contributed by atoms with Gasteiger partial charge in [-0.1, -0.05) is 23.7 Å². The standard InChI is InChI=1S/C15H12ClFN4/c16-12-4-5-15(21-10-18-9-20-21)14(7-12)19-8-11-2-1-3-13(17)6-11/h1-7,9-10,19H,8H2. The quantitative estimate of drug-likeness (QED) is 0.799. The van der Waals surface area contributed by atoms with Crippen LogP contribution in [0.15, 0.2) is 55.1 Å². The third kappa shape index (κ3) is 3.20. The molecule has 2 aromatic carbocycles. The van der Waals surface area contributed by atoms with Crippen molar-refractivity contribution in [3.63, 3.8) is 0 Å². The number of anilines is 1. The molecule has 0 amide bonds. The Morgan fingerprint density at radius 3 is 2.86 bits per heavy atom. The van der Waals surface area contributed by atoms with Crippen molar-refractivity contribution >= 4 is 17.3 Å². The Hall–Kier alpha value is -2.40. The number of aromatic nitrogens is 3. The van der Waals surface area contributed by atoms with Gasteiger partial charge in [-0.05, 0) is 35.9 Å². The maximum absolute atomic E-state index is 13.2. The predicted octanol–water partition coefficient (Wildman–Crippen LogP) is 3.67. The molecule has 3 rings (SSSR count). The Kier molecular flexibility index (Phi) is 3.83. The zero-order valence-electron chi connectivity index (χ0n) is 11.0. The fourth-order valence-electron chi connectivity index (χ4n) is 2.03. The van der Waals surface area contributed by atoms with Gasteiger partial charge in [0.05, 0.1) is 11.4 Å². The van der Waals surface area contributed by atoms with E-state index in [0.29, 0.717) is 11.6 Å². The molecule has 0 saturated heterocycles. The van der Waals surface area contributed by atoms with Gasteiger partial charge in [-0.2, -0.15) is 5.10 Å². The second kappa shape index (κ2) is 5.93. The van der Waals surface area contributed by atoms with E-state index in [2.05, 4.69) is 15.4 Å². The molecule has 0 aliphatic heterocycles. The molecular formula is C15H12ClFN4. The second-order valence-corrected chi connectivity index (χ2v) is 4.92. The lowest BCUT2D eigenvalue weighted by Crippen LogP contribution is -2.05. The number of benzene rings is 2. The zero-order valence-corrected chi connectivity index (χ0v) is 11.8. The first-order valence-corrected chi connectivity index (χ1v) is 6.73. The van der Waals surface area contributed by atoms with Crippen molar-refractivity contribution in [2.24, 2.45) is 0 Å². The van der Waals surface area contributed by atoms with Gasteiger partial charge in [-0.3, -0.25) is 0 Å². The summed E-state index contributed by atoms with van der Waals surface area (Å²) in [6.45, 7) is 0.486. The number of halogens is 2. The summed E-state index contributed by atoms with van der Waals surface area (Å²) in [6.07, 6.45) is 3.07. The van der Waals surface area contributed by atoms with E-state index in [1.807, 2.05) is 12.1 Å². The molecule has 4 nitrogen and oxygen atoms in total. The summed E-state index contributed by atoms with van der Waals surface area (Å²) >= 11 is 6.04. The van der Waals surface area contributed by atoms with Crippen molar-refractivity contribution in [3.05, 3.63) is 71.5 Å². The lowest BCUT2D eigenvalue weighted by Gasteiger charge is -2.12. The smallest absolute Gasteiger partial charge is 0.138 e. The summed E-state index contributed by atoms with van der Waals surface area (Å²) in [6, 6.07) is 11.9. The first-order chi connectivity index (χ1) is 10.2. The van der Waals surface area contributed by atoms with Crippen molar-refractivity contribution in [2.75, 3.05) is 5.32 Å². The highest BCUT2D eigenvalue weighted by atomic mass is 35.5. The molecule has 0 bridgehead atoms.